The van der Waals surface area contributed by atoms with Gasteiger partial charge in [-0.05, 0) is 42.6 Å². The Hall–Kier alpha value is -1.26. The number of fused-ring (bicyclic) bond motifs is 1. The van der Waals surface area contributed by atoms with Crippen LogP contribution in [0.3, 0.4) is 0 Å². The lowest BCUT2D eigenvalue weighted by atomic mass is 10.0. The number of nitrogens with one attached hydrogen (secondary N) is 1. The minimum atomic E-state index is 0.517. The number of terminal acetylenes is 1. The van der Waals surface area contributed by atoms with Gasteiger partial charge in [-0.3, -0.25) is 0 Å². The molecule has 0 saturated heterocycles. The molecule has 1 heteroatoms. The van der Waals surface area contributed by atoms with E-state index in [9.17, 15) is 0 Å². The molecule has 1 aromatic carbocycles. The second-order valence-electron chi connectivity index (χ2n) is 3.71. The molecule has 0 spiro atoms. The molecule has 14 heavy (non-hydrogen) atoms. The van der Waals surface area contributed by atoms with Crippen molar-refractivity contribution in [2.24, 2.45) is 0 Å². The second kappa shape index (κ2) is 3.86. The Morgan fingerprint density at radius 2 is 2.43 bits per heavy atom. The minimum Gasteiger partial charge on any atom is -0.310 e. The van der Waals surface area contributed by atoms with Gasteiger partial charge in [0.25, 0.3) is 0 Å². The lowest BCUT2D eigenvalue weighted by Crippen LogP contribution is -2.18. The highest BCUT2D eigenvalue weighted by molar-refractivity contribution is 5.43. The maximum atomic E-state index is 5.39. The number of hydrogen-bond acceptors (Lipinski definition) is 1. The first kappa shape index (κ1) is 9.30. The molecule has 0 amide bonds. The number of aryl methyl sites for hydroxylation is 1. The van der Waals surface area contributed by atoms with Crippen molar-refractivity contribution in [1.82, 2.24) is 5.32 Å². The summed E-state index contributed by atoms with van der Waals surface area (Å²) in [5.74, 6) is 2.69. The Kier molecular flexibility index (Phi) is 2.56. The van der Waals surface area contributed by atoms with Gasteiger partial charge in [-0.2, -0.15) is 0 Å². The van der Waals surface area contributed by atoms with Crippen LogP contribution in [0, 0.1) is 12.3 Å². The van der Waals surface area contributed by atoms with Crippen molar-refractivity contribution in [3.63, 3.8) is 0 Å². The third kappa shape index (κ3) is 1.54. The topological polar surface area (TPSA) is 12.0 Å². The van der Waals surface area contributed by atoms with E-state index in [1.807, 2.05) is 6.07 Å². The van der Waals surface area contributed by atoms with Crippen molar-refractivity contribution in [3.05, 3.63) is 34.9 Å². The summed E-state index contributed by atoms with van der Waals surface area (Å²) in [6, 6.07) is 6.87. The highest BCUT2D eigenvalue weighted by atomic mass is 14.9. The zero-order chi connectivity index (χ0) is 9.97. The molecule has 0 heterocycles. The third-order valence-electron chi connectivity index (χ3n) is 2.84. The Morgan fingerprint density at radius 1 is 1.57 bits per heavy atom. The molecule has 1 unspecified atom stereocenters. The largest absolute Gasteiger partial charge is 0.310 e. The van der Waals surface area contributed by atoms with Crippen LogP contribution in [-0.2, 0) is 6.42 Å². The summed E-state index contributed by atoms with van der Waals surface area (Å²) in [5, 5.41) is 3.48. The van der Waals surface area contributed by atoms with Gasteiger partial charge in [-0.1, -0.05) is 18.9 Å². The fourth-order valence-corrected chi connectivity index (χ4v) is 2.15. The van der Waals surface area contributed by atoms with E-state index in [4.69, 9.17) is 6.42 Å². The molecule has 1 aliphatic rings. The number of rotatable bonds is 2. The summed E-state index contributed by atoms with van der Waals surface area (Å²) in [7, 11) is 0. The van der Waals surface area contributed by atoms with Crippen LogP contribution in [0.2, 0.25) is 0 Å². The maximum Gasteiger partial charge on any atom is 0.0326 e. The molecule has 1 atom stereocenters. The normalized spacial score (nSPS) is 19.0. The van der Waals surface area contributed by atoms with E-state index < -0.39 is 0 Å². The van der Waals surface area contributed by atoms with Crippen molar-refractivity contribution >= 4 is 0 Å². The predicted molar refractivity (Wildman–Crippen MR) is 59.1 cm³/mol. The molecule has 0 fully saturated rings. The van der Waals surface area contributed by atoms with Crippen LogP contribution in [0.1, 0.15) is 36.1 Å². The maximum absolute atomic E-state index is 5.39. The summed E-state index contributed by atoms with van der Waals surface area (Å²) >= 11 is 0. The monoisotopic (exact) mass is 185 g/mol. The minimum absolute atomic E-state index is 0.517. The first-order chi connectivity index (χ1) is 6.85. The van der Waals surface area contributed by atoms with Gasteiger partial charge in [0.15, 0.2) is 0 Å². The molecule has 1 aliphatic carbocycles. The quantitative estimate of drug-likeness (QED) is 0.697. The Labute approximate surface area is 85.5 Å². The summed E-state index contributed by atoms with van der Waals surface area (Å²) in [5.41, 5.74) is 3.85. The van der Waals surface area contributed by atoms with Gasteiger partial charge in [-0.15, -0.1) is 6.42 Å². The van der Waals surface area contributed by atoms with Crippen molar-refractivity contribution in [3.8, 4) is 12.3 Å². The molecule has 1 nitrogen and oxygen atoms in total. The first-order valence-electron chi connectivity index (χ1n) is 5.18. The lowest BCUT2D eigenvalue weighted by molar-refractivity contribution is 0.549. The Morgan fingerprint density at radius 3 is 3.14 bits per heavy atom. The fraction of sp³-hybridized carbons (Fsp3) is 0.385. The summed E-state index contributed by atoms with van der Waals surface area (Å²) < 4.78 is 0. The SMILES string of the molecule is C#Cc1ccc2c(c1)C(NCC)CC2. The van der Waals surface area contributed by atoms with E-state index in [1.54, 1.807) is 0 Å². The van der Waals surface area contributed by atoms with Crippen LogP contribution in [0.4, 0.5) is 0 Å². The average molecular weight is 185 g/mol. The van der Waals surface area contributed by atoms with Crippen molar-refractivity contribution < 1.29 is 0 Å². The van der Waals surface area contributed by atoms with Crippen LogP contribution >= 0.6 is 0 Å². The molecule has 0 bridgehead atoms. The summed E-state index contributed by atoms with van der Waals surface area (Å²) in [6.45, 7) is 3.16. The van der Waals surface area contributed by atoms with Crippen molar-refractivity contribution in [2.75, 3.05) is 6.54 Å². The molecule has 0 saturated carbocycles. The average Bonchev–Trinajstić information content (AvgIpc) is 2.61. The number of hydrogen-bond donors (Lipinski definition) is 1. The van der Waals surface area contributed by atoms with Crippen LogP contribution in [0.5, 0.6) is 0 Å². The fourth-order valence-electron chi connectivity index (χ4n) is 2.15. The zero-order valence-electron chi connectivity index (χ0n) is 8.51. The first-order valence-corrected chi connectivity index (χ1v) is 5.18. The summed E-state index contributed by atoms with van der Waals surface area (Å²) in [4.78, 5) is 0. The zero-order valence-corrected chi connectivity index (χ0v) is 8.51. The van der Waals surface area contributed by atoms with E-state index in [2.05, 4.69) is 30.3 Å². The Balaban J connectivity index is 2.33. The molecule has 0 aromatic heterocycles. The van der Waals surface area contributed by atoms with E-state index in [0.29, 0.717) is 6.04 Å². The molecule has 72 valence electrons. The van der Waals surface area contributed by atoms with Crippen LogP contribution in [0.15, 0.2) is 18.2 Å². The van der Waals surface area contributed by atoms with E-state index in [0.717, 1.165) is 12.1 Å². The van der Waals surface area contributed by atoms with E-state index >= 15 is 0 Å². The van der Waals surface area contributed by atoms with E-state index in [1.165, 1.54) is 24.0 Å². The molecule has 1 aromatic rings. The predicted octanol–water partition coefficient (Wildman–Crippen LogP) is 2.26. The van der Waals surface area contributed by atoms with Gasteiger partial charge in [0.05, 0.1) is 0 Å². The van der Waals surface area contributed by atoms with Crippen LogP contribution < -0.4 is 5.32 Å². The summed E-state index contributed by atoms with van der Waals surface area (Å²) in [6.07, 6.45) is 7.78. The van der Waals surface area contributed by atoms with Crippen LogP contribution in [0.25, 0.3) is 0 Å². The molecule has 0 radical (unpaired) electrons. The highest BCUT2D eigenvalue weighted by Gasteiger charge is 2.21. The molecule has 2 rings (SSSR count). The van der Waals surface area contributed by atoms with Gasteiger partial charge >= 0.3 is 0 Å². The standard InChI is InChI=1S/C13H15N/c1-3-10-5-6-11-7-8-13(14-4-2)12(11)9-10/h1,5-6,9,13-14H,4,7-8H2,2H3. The van der Waals surface area contributed by atoms with Crippen LogP contribution in [-0.4, -0.2) is 6.54 Å². The molecule has 0 aliphatic heterocycles. The van der Waals surface area contributed by atoms with Gasteiger partial charge in [0.1, 0.15) is 0 Å². The third-order valence-corrected chi connectivity index (χ3v) is 2.84. The number of benzene rings is 1. The smallest absolute Gasteiger partial charge is 0.0326 e. The van der Waals surface area contributed by atoms with Crippen molar-refractivity contribution in [2.45, 2.75) is 25.8 Å². The van der Waals surface area contributed by atoms with Crippen molar-refractivity contribution in [1.29, 1.82) is 0 Å². The second-order valence-corrected chi connectivity index (χ2v) is 3.71. The van der Waals surface area contributed by atoms with Gasteiger partial charge < -0.3 is 5.32 Å². The van der Waals surface area contributed by atoms with Gasteiger partial charge in [0.2, 0.25) is 0 Å². The molecular weight excluding hydrogens is 170 g/mol. The highest BCUT2D eigenvalue weighted by Crippen LogP contribution is 2.31. The Bertz CT molecular complexity index is 371. The van der Waals surface area contributed by atoms with Gasteiger partial charge in [-0.25, -0.2) is 0 Å². The molecular formula is C13H15N. The van der Waals surface area contributed by atoms with Gasteiger partial charge in [0, 0.05) is 11.6 Å². The molecule has 1 N–H and O–H groups in total. The van der Waals surface area contributed by atoms with E-state index in [-0.39, 0.29) is 0 Å². The lowest BCUT2D eigenvalue weighted by Gasteiger charge is -2.12.